The molecule has 3 aliphatic heterocycles. The molecule has 2 bridgehead atoms. The van der Waals surface area contributed by atoms with Gasteiger partial charge < -0.3 is 9.73 Å². The first-order valence-electron chi connectivity index (χ1n) is 8.38. The molecular formula is C18H20FN3O2. The highest BCUT2D eigenvalue weighted by atomic mass is 19.1. The number of aromatic nitrogens is 1. The number of rotatable bonds is 3. The number of furan rings is 1. The second-order valence-corrected chi connectivity index (χ2v) is 6.63. The van der Waals surface area contributed by atoms with Crippen LogP contribution in [-0.2, 0) is 0 Å². The molecule has 2 aromatic heterocycles. The molecule has 0 radical (unpaired) electrons. The van der Waals surface area contributed by atoms with Crippen LogP contribution in [0.3, 0.4) is 0 Å². The van der Waals surface area contributed by atoms with Gasteiger partial charge in [-0.25, -0.2) is 4.39 Å². The SMILES string of the molecule is C[C@@H]1[C@H](NC(=O)c2ccc(-c3ccncc3F)o2)C2CCN1CC2. The molecule has 5 nitrogen and oxygen atoms in total. The molecule has 3 fully saturated rings. The van der Waals surface area contributed by atoms with Crippen molar-refractivity contribution in [3.05, 3.63) is 42.2 Å². The first-order valence-corrected chi connectivity index (χ1v) is 8.38. The van der Waals surface area contributed by atoms with Crippen LogP contribution in [0, 0.1) is 11.7 Å². The third-order valence-electron chi connectivity index (χ3n) is 5.34. The number of carbonyl (C=O) groups excluding carboxylic acids is 1. The number of hydrogen-bond donors (Lipinski definition) is 1. The Labute approximate surface area is 139 Å². The highest BCUT2D eigenvalue weighted by Gasteiger charge is 2.40. The topological polar surface area (TPSA) is 58.4 Å². The van der Waals surface area contributed by atoms with E-state index in [2.05, 4.69) is 22.1 Å². The third-order valence-corrected chi connectivity index (χ3v) is 5.34. The minimum absolute atomic E-state index is 0.145. The Balaban J connectivity index is 1.51. The van der Waals surface area contributed by atoms with Gasteiger partial charge in [-0.05, 0) is 57.0 Å². The van der Waals surface area contributed by atoms with Crippen molar-refractivity contribution in [1.29, 1.82) is 0 Å². The van der Waals surface area contributed by atoms with Crippen molar-refractivity contribution >= 4 is 5.91 Å². The minimum Gasteiger partial charge on any atom is -0.451 e. The van der Waals surface area contributed by atoms with Crippen molar-refractivity contribution in [2.24, 2.45) is 5.92 Å². The average molecular weight is 329 g/mol. The number of nitrogens with zero attached hydrogens (tertiary/aromatic N) is 2. The Hall–Kier alpha value is -2.21. The Kier molecular flexibility index (Phi) is 3.84. The van der Waals surface area contributed by atoms with Gasteiger partial charge in [0.1, 0.15) is 5.76 Å². The zero-order valence-corrected chi connectivity index (χ0v) is 13.5. The van der Waals surface area contributed by atoms with E-state index in [0.29, 0.717) is 23.3 Å². The highest BCUT2D eigenvalue weighted by molar-refractivity contribution is 5.92. The lowest BCUT2D eigenvalue weighted by Gasteiger charge is -2.49. The standard InChI is InChI=1S/C18H20FN3O2/c1-11-17(12-5-8-22(11)9-6-12)21-18(23)16-3-2-15(24-16)13-4-7-20-10-14(13)19/h2-4,7,10-12,17H,5-6,8-9H2,1H3,(H,21,23)/t11-,17+/m1/s1. The van der Waals surface area contributed by atoms with Crippen molar-refractivity contribution in [1.82, 2.24) is 15.2 Å². The van der Waals surface area contributed by atoms with Crippen molar-refractivity contribution in [2.45, 2.75) is 31.8 Å². The van der Waals surface area contributed by atoms with Gasteiger partial charge in [-0.15, -0.1) is 0 Å². The second kappa shape index (κ2) is 6.02. The zero-order valence-electron chi connectivity index (χ0n) is 13.5. The maximum Gasteiger partial charge on any atom is 0.287 e. The van der Waals surface area contributed by atoms with E-state index in [9.17, 15) is 9.18 Å². The Bertz CT molecular complexity index is 750. The van der Waals surface area contributed by atoms with E-state index in [1.54, 1.807) is 12.1 Å². The number of amides is 1. The summed E-state index contributed by atoms with van der Waals surface area (Å²) >= 11 is 0. The van der Waals surface area contributed by atoms with Crippen LogP contribution in [0.15, 0.2) is 35.0 Å². The number of piperidine rings is 3. The molecule has 3 aliphatic rings. The number of carbonyl (C=O) groups is 1. The monoisotopic (exact) mass is 329 g/mol. The molecule has 2 aromatic rings. The summed E-state index contributed by atoms with van der Waals surface area (Å²) in [5.74, 6) is 0.374. The maximum absolute atomic E-state index is 13.8. The summed E-state index contributed by atoms with van der Waals surface area (Å²) < 4.78 is 19.4. The van der Waals surface area contributed by atoms with Crippen molar-refractivity contribution in [2.75, 3.05) is 13.1 Å². The normalized spacial score (nSPS) is 28.8. The van der Waals surface area contributed by atoms with Crippen LogP contribution in [0.2, 0.25) is 0 Å². The third kappa shape index (κ3) is 2.60. The van der Waals surface area contributed by atoms with Crippen LogP contribution in [0.1, 0.15) is 30.3 Å². The van der Waals surface area contributed by atoms with Gasteiger partial charge >= 0.3 is 0 Å². The van der Waals surface area contributed by atoms with E-state index in [1.165, 1.54) is 12.3 Å². The van der Waals surface area contributed by atoms with Crippen LogP contribution in [0.4, 0.5) is 4.39 Å². The van der Waals surface area contributed by atoms with Crippen LogP contribution in [0.25, 0.3) is 11.3 Å². The summed E-state index contributed by atoms with van der Waals surface area (Å²) in [6, 6.07) is 5.23. The van der Waals surface area contributed by atoms with Gasteiger partial charge in [0.05, 0.1) is 11.8 Å². The van der Waals surface area contributed by atoms with Crippen LogP contribution in [0.5, 0.6) is 0 Å². The number of fused-ring (bicyclic) bond motifs is 3. The predicted molar refractivity (Wildman–Crippen MR) is 86.9 cm³/mol. The molecule has 1 N–H and O–H groups in total. The molecule has 0 aliphatic carbocycles. The molecule has 1 amide bonds. The smallest absolute Gasteiger partial charge is 0.287 e. The molecule has 5 rings (SSSR count). The Morgan fingerprint density at radius 2 is 2.12 bits per heavy atom. The molecule has 126 valence electrons. The van der Waals surface area contributed by atoms with Crippen LogP contribution < -0.4 is 5.32 Å². The zero-order chi connectivity index (χ0) is 16.7. The summed E-state index contributed by atoms with van der Waals surface area (Å²) in [5.41, 5.74) is 0.306. The fourth-order valence-electron chi connectivity index (χ4n) is 3.95. The molecule has 0 saturated carbocycles. The molecule has 24 heavy (non-hydrogen) atoms. The van der Waals surface area contributed by atoms with Gasteiger partial charge in [0.2, 0.25) is 0 Å². The molecule has 0 spiro atoms. The largest absolute Gasteiger partial charge is 0.451 e. The van der Waals surface area contributed by atoms with Crippen LogP contribution >= 0.6 is 0 Å². The van der Waals surface area contributed by atoms with Crippen molar-refractivity contribution < 1.29 is 13.6 Å². The number of hydrogen-bond acceptors (Lipinski definition) is 4. The lowest BCUT2D eigenvalue weighted by Crippen LogP contribution is -2.62. The molecule has 0 unspecified atom stereocenters. The van der Waals surface area contributed by atoms with Crippen LogP contribution in [-0.4, -0.2) is 41.0 Å². The lowest BCUT2D eigenvalue weighted by atomic mass is 9.79. The van der Waals surface area contributed by atoms with E-state index in [-0.39, 0.29) is 17.7 Å². The fraction of sp³-hybridized carbons (Fsp3) is 0.444. The van der Waals surface area contributed by atoms with Gasteiger partial charge in [-0.2, -0.15) is 0 Å². The van der Waals surface area contributed by atoms with Gasteiger partial charge in [-0.3, -0.25) is 14.7 Å². The van der Waals surface area contributed by atoms with Gasteiger partial charge in [0.15, 0.2) is 11.6 Å². The van der Waals surface area contributed by atoms with E-state index < -0.39 is 5.82 Å². The summed E-state index contributed by atoms with van der Waals surface area (Å²) in [6.45, 7) is 4.39. The summed E-state index contributed by atoms with van der Waals surface area (Å²) in [5, 5.41) is 3.12. The van der Waals surface area contributed by atoms with E-state index in [4.69, 9.17) is 4.42 Å². The average Bonchev–Trinajstić information content (AvgIpc) is 3.09. The molecule has 3 saturated heterocycles. The highest BCUT2D eigenvalue weighted by Crippen LogP contribution is 2.32. The van der Waals surface area contributed by atoms with Gasteiger partial charge in [-0.1, -0.05) is 0 Å². The fourth-order valence-corrected chi connectivity index (χ4v) is 3.95. The summed E-state index contributed by atoms with van der Waals surface area (Å²) in [7, 11) is 0. The Morgan fingerprint density at radius 3 is 2.83 bits per heavy atom. The van der Waals surface area contributed by atoms with E-state index in [1.807, 2.05) is 0 Å². The predicted octanol–water partition coefficient (Wildman–Crippen LogP) is 2.69. The van der Waals surface area contributed by atoms with Gasteiger partial charge in [0.25, 0.3) is 5.91 Å². The van der Waals surface area contributed by atoms with Crippen molar-refractivity contribution in [3.8, 4) is 11.3 Å². The first kappa shape index (κ1) is 15.3. The van der Waals surface area contributed by atoms with Gasteiger partial charge in [0, 0.05) is 18.3 Å². The molecular weight excluding hydrogens is 309 g/mol. The number of halogens is 1. The molecule has 6 heteroatoms. The molecule has 5 heterocycles. The summed E-state index contributed by atoms with van der Waals surface area (Å²) in [4.78, 5) is 18.7. The lowest BCUT2D eigenvalue weighted by molar-refractivity contribution is 0.0211. The number of pyridine rings is 1. The quantitative estimate of drug-likeness (QED) is 0.941. The summed E-state index contributed by atoms with van der Waals surface area (Å²) in [6.07, 6.45) is 4.88. The second-order valence-electron chi connectivity index (χ2n) is 6.63. The maximum atomic E-state index is 13.8. The van der Waals surface area contributed by atoms with E-state index >= 15 is 0 Å². The molecule has 0 aromatic carbocycles. The molecule has 2 atom stereocenters. The minimum atomic E-state index is -0.468. The number of nitrogens with one attached hydrogen (secondary N) is 1. The van der Waals surface area contributed by atoms with Crippen molar-refractivity contribution in [3.63, 3.8) is 0 Å². The Morgan fingerprint density at radius 1 is 1.33 bits per heavy atom. The van der Waals surface area contributed by atoms with E-state index in [0.717, 1.165) is 32.1 Å². The first-order chi connectivity index (χ1) is 11.6.